The van der Waals surface area contributed by atoms with Crippen molar-refractivity contribution < 1.29 is 23.6 Å². The number of likely N-dealkylation sites (tertiary alicyclic amines) is 1. The van der Waals surface area contributed by atoms with E-state index in [2.05, 4.69) is 0 Å². The molecule has 1 saturated heterocycles. The number of nitrogens with zero attached hydrogens (tertiary/aromatic N) is 2. The third kappa shape index (κ3) is 4.54. The van der Waals surface area contributed by atoms with Gasteiger partial charge in [-0.05, 0) is 26.8 Å². The van der Waals surface area contributed by atoms with Gasteiger partial charge in [-0.3, -0.25) is 10.1 Å². The molecular weight excluding hydrogens is 307 g/mol. The topological polar surface area (TPSA) is 81.9 Å². The molecule has 0 radical (unpaired) electrons. The van der Waals surface area contributed by atoms with Gasteiger partial charge in [-0.25, -0.2) is 9.18 Å². The Hall–Kier alpha value is -2.38. The molecule has 0 saturated carbocycles. The summed E-state index contributed by atoms with van der Waals surface area (Å²) in [5, 5.41) is 10.7. The number of hydrogen-bond acceptors (Lipinski definition) is 5. The predicted molar refractivity (Wildman–Crippen MR) is 80.2 cm³/mol. The maximum atomic E-state index is 14.1. The molecule has 1 aromatic carbocycles. The molecule has 1 aliphatic rings. The lowest BCUT2D eigenvalue weighted by molar-refractivity contribution is -0.385. The molecule has 1 aromatic rings. The number of ether oxygens (including phenoxy) is 2. The zero-order valence-electron chi connectivity index (χ0n) is 13.2. The smallest absolute Gasteiger partial charge is 0.410 e. The second-order valence-electron chi connectivity index (χ2n) is 6.31. The lowest BCUT2D eigenvalue weighted by atomic mass is 10.2. The van der Waals surface area contributed by atoms with Crippen LogP contribution in [0.15, 0.2) is 24.3 Å². The van der Waals surface area contributed by atoms with Crippen LogP contribution in [0.25, 0.3) is 0 Å². The molecule has 7 nitrogen and oxygen atoms in total. The predicted octanol–water partition coefficient (Wildman–Crippen LogP) is 2.93. The molecule has 1 heterocycles. The van der Waals surface area contributed by atoms with Crippen LogP contribution < -0.4 is 4.74 Å². The molecule has 8 heteroatoms. The van der Waals surface area contributed by atoms with Gasteiger partial charge in [-0.15, -0.1) is 0 Å². The highest BCUT2D eigenvalue weighted by Gasteiger charge is 2.39. The van der Waals surface area contributed by atoms with E-state index in [1.54, 1.807) is 20.8 Å². The summed E-state index contributed by atoms with van der Waals surface area (Å²) in [6.45, 7) is 5.08. The molecule has 0 N–H and O–H groups in total. The quantitative estimate of drug-likeness (QED) is 0.630. The van der Waals surface area contributed by atoms with E-state index in [0.29, 0.717) is 0 Å². The van der Waals surface area contributed by atoms with E-state index in [9.17, 15) is 19.3 Å². The number of nitro groups is 1. The van der Waals surface area contributed by atoms with E-state index in [-0.39, 0.29) is 24.5 Å². The van der Waals surface area contributed by atoms with E-state index in [4.69, 9.17) is 9.47 Å². The number of amides is 1. The highest BCUT2D eigenvalue weighted by Crippen LogP contribution is 2.25. The third-order valence-electron chi connectivity index (χ3n) is 3.17. The number of alkyl halides is 1. The second kappa shape index (κ2) is 6.39. The number of carbonyl (C=O) groups excluding carboxylic acids is 1. The van der Waals surface area contributed by atoms with Crippen LogP contribution in [0.1, 0.15) is 20.8 Å². The van der Waals surface area contributed by atoms with Gasteiger partial charge in [0.1, 0.15) is 17.5 Å². The maximum absolute atomic E-state index is 14.1. The van der Waals surface area contributed by atoms with Crippen molar-refractivity contribution in [3.8, 4) is 5.75 Å². The molecule has 0 unspecified atom stereocenters. The van der Waals surface area contributed by atoms with Crippen LogP contribution in [0, 0.1) is 10.1 Å². The minimum absolute atomic E-state index is 0.0266. The van der Waals surface area contributed by atoms with Gasteiger partial charge in [0.05, 0.1) is 24.1 Å². The Morgan fingerprint density at radius 2 is 2.09 bits per heavy atom. The first-order valence-electron chi connectivity index (χ1n) is 7.19. The Morgan fingerprint density at radius 3 is 2.70 bits per heavy atom. The molecular formula is C15H19FN2O5. The molecule has 0 bridgehead atoms. The first-order valence-corrected chi connectivity index (χ1v) is 7.19. The van der Waals surface area contributed by atoms with Crippen molar-refractivity contribution in [2.45, 2.75) is 38.6 Å². The fourth-order valence-corrected chi connectivity index (χ4v) is 2.17. The van der Waals surface area contributed by atoms with Crippen LogP contribution in [0.3, 0.4) is 0 Å². The minimum Gasteiger partial charge on any atom is -0.485 e. The van der Waals surface area contributed by atoms with Crippen LogP contribution in [0.5, 0.6) is 5.75 Å². The van der Waals surface area contributed by atoms with E-state index >= 15 is 0 Å². The van der Waals surface area contributed by atoms with E-state index < -0.39 is 28.9 Å². The first-order chi connectivity index (χ1) is 10.7. The number of rotatable bonds is 3. The summed E-state index contributed by atoms with van der Waals surface area (Å²) >= 11 is 0. The Balaban J connectivity index is 2.01. The Morgan fingerprint density at radius 1 is 1.39 bits per heavy atom. The van der Waals surface area contributed by atoms with Gasteiger partial charge in [0, 0.05) is 6.07 Å². The van der Waals surface area contributed by atoms with Crippen LogP contribution in [0.4, 0.5) is 14.9 Å². The molecule has 2 atom stereocenters. The Labute approximate surface area is 133 Å². The van der Waals surface area contributed by atoms with Gasteiger partial charge < -0.3 is 14.4 Å². The fourth-order valence-electron chi connectivity index (χ4n) is 2.17. The lowest BCUT2D eigenvalue weighted by Crippen LogP contribution is -2.36. The van der Waals surface area contributed by atoms with Crippen molar-refractivity contribution >= 4 is 11.8 Å². The summed E-state index contributed by atoms with van der Waals surface area (Å²) < 4.78 is 24.7. The molecule has 0 aliphatic carbocycles. The molecule has 0 aromatic heterocycles. The van der Waals surface area contributed by atoms with Gasteiger partial charge in [0.15, 0.2) is 6.17 Å². The monoisotopic (exact) mass is 326 g/mol. The van der Waals surface area contributed by atoms with Gasteiger partial charge in [-0.2, -0.15) is 0 Å². The summed E-state index contributed by atoms with van der Waals surface area (Å²) in [5.74, 6) is 0.192. The number of non-ortho nitro benzene ring substituents is 1. The SMILES string of the molecule is CC(C)(C)OC(=O)N1C[C@H](Oc2cccc([N+](=O)[O-])c2)[C@@H](F)C1. The van der Waals surface area contributed by atoms with E-state index in [1.165, 1.54) is 29.2 Å². The summed E-state index contributed by atoms with van der Waals surface area (Å²) in [6.07, 6.45) is -2.88. The third-order valence-corrected chi connectivity index (χ3v) is 3.17. The average molecular weight is 326 g/mol. The highest BCUT2D eigenvalue weighted by molar-refractivity contribution is 5.68. The van der Waals surface area contributed by atoms with E-state index in [1.807, 2.05) is 0 Å². The lowest BCUT2D eigenvalue weighted by Gasteiger charge is -2.24. The molecule has 2 rings (SSSR count). The standard InChI is InChI=1S/C15H19FN2O5/c1-15(2,3)23-14(19)17-8-12(16)13(9-17)22-11-6-4-5-10(7-11)18(20)21/h4-7,12-13H,8-9H2,1-3H3/t12-,13-/m0/s1. The number of halogens is 1. The molecule has 0 spiro atoms. The highest BCUT2D eigenvalue weighted by atomic mass is 19.1. The summed E-state index contributed by atoms with van der Waals surface area (Å²) in [4.78, 5) is 23.4. The summed E-state index contributed by atoms with van der Waals surface area (Å²) in [7, 11) is 0. The van der Waals surface area contributed by atoms with Crippen molar-refractivity contribution in [3.63, 3.8) is 0 Å². The maximum Gasteiger partial charge on any atom is 0.410 e. The first kappa shape index (κ1) is 17.0. The zero-order valence-corrected chi connectivity index (χ0v) is 13.2. The van der Waals surface area contributed by atoms with Gasteiger partial charge in [0.25, 0.3) is 5.69 Å². The zero-order chi connectivity index (χ0) is 17.2. The average Bonchev–Trinajstić information content (AvgIpc) is 2.79. The van der Waals surface area contributed by atoms with Crippen molar-refractivity contribution in [2.24, 2.45) is 0 Å². The molecule has 1 aliphatic heterocycles. The Kier molecular flexibility index (Phi) is 4.72. The van der Waals surface area contributed by atoms with Crippen LogP contribution >= 0.6 is 0 Å². The van der Waals surface area contributed by atoms with E-state index in [0.717, 1.165) is 0 Å². The van der Waals surface area contributed by atoms with Crippen LogP contribution in [-0.4, -0.2) is 46.9 Å². The van der Waals surface area contributed by atoms with Crippen LogP contribution in [-0.2, 0) is 4.74 Å². The molecule has 1 fully saturated rings. The number of benzene rings is 1. The number of carbonyl (C=O) groups is 1. The minimum atomic E-state index is -1.39. The van der Waals surface area contributed by atoms with Gasteiger partial charge in [0.2, 0.25) is 0 Å². The second-order valence-corrected chi connectivity index (χ2v) is 6.31. The Bertz CT molecular complexity index is 602. The summed E-state index contributed by atoms with van der Waals surface area (Å²) in [5.41, 5.74) is -0.804. The fraction of sp³-hybridized carbons (Fsp3) is 0.533. The molecule has 1 amide bonds. The normalized spacial score (nSPS) is 21.1. The number of nitro benzene ring substituents is 1. The van der Waals surface area contributed by atoms with Crippen molar-refractivity contribution in [1.82, 2.24) is 4.90 Å². The largest absolute Gasteiger partial charge is 0.485 e. The molecule has 23 heavy (non-hydrogen) atoms. The molecule has 126 valence electrons. The van der Waals surface area contributed by atoms with Crippen molar-refractivity contribution in [1.29, 1.82) is 0 Å². The number of hydrogen-bond donors (Lipinski definition) is 0. The van der Waals surface area contributed by atoms with Gasteiger partial charge >= 0.3 is 6.09 Å². The van der Waals surface area contributed by atoms with Gasteiger partial charge in [-0.1, -0.05) is 6.07 Å². The van der Waals surface area contributed by atoms with Crippen molar-refractivity contribution in [3.05, 3.63) is 34.4 Å². The summed E-state index contributed by atoms with van der Waals surface area (Å²) in [6, 6.07) is 5.52. The van der Waals surface area contributed by atoms with Crippen molar-refractivity contribution in [2.75, 3.05) is 13.1 Å². The van der Waals surface area contributed by atoms with Crippen LogP contribution in [0.2, 0.25) is 0 Å².